The maximum atomic E-state index is 12.8. The number of carbonyl (C=O) groups is 3. The van der Waals surface area contributed by atoms with Gasteiger partial charge in [0.1, 0.15) is 13.2 Å². The predicted octanol–water partition coefficient (Wildman–Crippen LogP) is 20.7. The van der Waals surface area contributed by atoms with E-state index < -0.39 is 6.10 Å². The van der Waals surface area contributed by atoms with Crippen molar-refractivity contribution in [3.05, 3.63) is 24.3 Å². The van der Waals surface area contributed by atoms with Gasteiger partial charge in [-0.2, -0.15) is 0 Å². The summed E-state index contributed by atoms with van der Waals surface area (Å²) in [5, 5.41) is 0. The standard InChI is InChI=1S/C63H118O6/c1-4-7-10-13-15-17-19-21-23-25-27-29-31-33-35-37-39-41-43-45-47-50-53-56-62(65)68-59-60(58-67-61(64)55-52-49-12-9-6-3)69-63(66)57-54-51-48-46-44-42-40-38-36-34-32-30-28-26-24-22-20-18-16-14-11-8-5-2/h19,21,25,27,60H,4-18,20,22-24,26,28-59H2,1-3H3/b21-19-,27-25-. The lowest BCUT2D eigenvalue weighted by Crippen LogP contribution is -2.30. The Labute approximate surface area is 430 Å². The first kappa shape index (κ1) is 66.9. The lowest BCUT2D eigenvalue weighted by atomic mass is 10.0. The van der Waals surface area contributed by atoms with Crippen LogP contribution in [-0.4, -0.2) is 37.2 Å². The van der Waals surface area contributed by atoms with Crippen LogP contribution in [0.1, 0.15) is 342 Å². The summed E-state index contributed by atoms with van der Waals surface area (Å²) < 4.78 is 16.8. The number of rotatable bonds is 57. The molecular weight excluding hydrogens is 853 g/mol. The van der Waals surface area contributed by atoms with E-state index in [0.717, 1.165) is 70.6 Å². The van der Waals surface area contributed by atoms with E-state index in [9.17, 15) is 14.4 Å². The second-order valence-electron chi connectivity index (χ2n) is 21.0. The molecule has 0 spiro atoms. The van der Waals surface area contributed by atoms with Gasteiger partial charge >= 0.3 is 17.9 Å². The van der Waals surface area contributed by atoms with Crippen molar-refractivity contribution in [2.45, 2.75) is 348 Å². The van der Waals surface area contributed by atoms with Gasteiger partial charge in [0.2, 0.25) is 0 Å². The van der Waals surface area contributed by atoms with E-state index >= 15 is 0 Å². The van der Waals surface area contributed by atoms with E-state index in [-0.39, 0.29) is 31.1 Å². The van der Waals surface area contributed by atoms with Crippen LogP contribution in [0.4, 0.5) is 0 Å². The fourth-order valence-corrected chi connectivity index (χ4v) is 9.30. The van der Waals surface area contributed by atoms with Gasteiger partial charge in [0.25, 0.3) is 0 Å². The third kappa shape index (κ3) is 56.7. The molecule has 0 saturated heterocycles. The van der Waals surface area contributed by atoms with Crippen LogP contribution in [0.3, 0.4) is 0 Å². The molecule has 0 aliphatic rings. The Kier molecular flexibility index (Phi) is 56.7. The molecule has 1 unspecified atom stereocenters. The minimum absolute atomic E-state index is 0.0680. The quantitative estimate of drug-likeness (QED) is 0.0261. The first-order valence-corrected chi connectivity index (χ1v) is 30.8. The highest BCUT2D eigenvalue weighted by Gasteiger charge is 2.19. The van der Waals surface area contributed by atoms with E-state index in [1.54, 1.807) is 0 Å². The minimum atomic E-state index is -0.765. The Morgan fingerprint density at radius 1 is 0.290 bits per heavy atom. The molecule has 0 bridgehead atoms. The van der Waals surface area contributed by atoms with Crippen molar-refractivity contribution in [2.24, 2.45) is 0 Å². The number of hydrogen-bond donors (Lipinski definition) is 0. The number of esters is 3. The van der Waals surface area contributed by atoms with Gasteiger partial charge in [-0.1, -0.05) is 295 Å². The van der Waals surface area contributed by atoms with Crippen molar-refractivity contribution in [3.63, 3.8) is 0 Å². The van der Waals surface area contributed by atoms with E-state index in [4.69, 9.17) is 14.2 Å². The maximum absolute atomic E-state index is 12.8. The molecule has 0 aromatic rings. The van der Waals surface area contributed by atoms with Crippen molar-refractivity contribution in [3.8, 4) is 0 Å². The Balaban J connectivity index is 4.01. The topological polar surface area (TPSA) is 78.9 Å². The molecule has 0 amide bonds. The van der Waals surface area contributed by atoms with Crippen LogP contribution in [-0.2, 0) is 28.6 Å². The normalized spacial score (nSPS) is 12.1. The number of unbranched alkanes of at least 4 members (excludes halogenated alkanes) is 42. The zero-order valence-corrected chi connectivity index (χ0v) is 46.6. The van der Waals surface area contributed by atoms with Gasteiger partial charge in [0, 0.05) is 19.3 Å². The van der Waals surface area contributed by atoms with Gasteiger partial charge in [-0.25, -0.2) is 0 Å². The number of hydrogen-bond acceptors (Lipinski definition) is 6. The molecule has 0 aromatic carbocycles. The highest BCUT2D eigenvalue weighted by Crippen LogP contribution is 2.18. The Morgan fingerprint density at radius 3 is 0.797 bits per heavy atom. The average molecular weight is 972 g/mol. The zero-order valence-electron chi connectivity index (χ0n) is 46.6. The van der Waals surface area contributed by atoms with Crippen LogP contribution < -0.4 is 0 Å². The second-order valence-corrected chi connectivity index (χ2v) is 21.0. The van der Waals surface area contributed by atoms with Crippen LogP contribution in [0.5, 0.6) is 0 Å². The van der Waals surface area contributed by atoms with Crippen molar-refractivity contribution < 1.29 is 28.6 Å². The molecule has 0 fully saturated rings. The second kappa shape index (κ2) is 58.5. The Hall–Kier alpha value is -2.11. The summed E-state index contributed by atoms with van der Waals surface area (Å²) in [6.07, 6.45) is 69.5. The molecule has 0 saturated carbocycles. The molecule has 0 aromatic heterocycles. The number of carbonyl (C=O) groups excluding carboxylic acids is 3. The molecule has 1 atom stereocenters. The summed E-state index contributed by atoms with van der Waals surface area (Å²) in [6, 6.07) is 0. The van der Waals surface area contributed by atoms with Crippen molar-refractivity contribution in [2.75, 3.05) is 13.2 Å². The van der Waals surface area contributed by atoms with E-state index in [1.807, 2.05) is 0 Å². The highest BCUT2D eigenvalue weighted by molar-refractivity contribution is 5.71. The molecule has 69 heavy (non-hydrogen) atoms. The van der Waals surface area contributed by atoms with Crippen molar-refractivity contribution >= 4 is 17.9 Å². The summed E-state index contributed by atoms with van der Waals surface area (Å²) in [7, 11) is 0. The zero-order chi connectivity index (χ0) is 50.0. The summed E-state index contributed by atoms with van der Waals surface area (Å²) >= 11 is 0. The summed E-state index contributed by atoms with van der Waals surface area (Å²) in [4.78, 5) is 37.9. The summed E-state index contributed by atoms with van der Waals surface area (Å²) in [5.74, 6) is -0.862. The summed E-state index contributed by atoms with van der Waals surface area (Å²) in [6.45, 7) is 6.60. The fourth-order valence-electron chi connectivity index (χ4n) is 9.30. The fraction of sp³-hybridized carbons (Fsp3) is 0.889. The van der Waals surface area contributed by atoms with E-state index in [0.29, 0.717) is 19.3 Å². The van der Waals surface area contributed by atoms with Gasteiger partial charge < -0.3 is 14.2 Å². The summed E-state index contributed by atoms with van der Waals surface area (Å²) in [5.41, 5.74) is 0. The monoisotopic (exact) mass is 971 g/mol. The van der Waals surface area contributed by atoms with Gasteiger partial charge in [0.15, 0.2) is 6.10 Å². The van der Waals surface area contributed by atoms with Crippen LogP contribution in [0, 0.1) is 0 Å². The maximum Gasteiger partial charge on any atom is 0.306 e. The lowest BCUT2D eigenvalue weighted by molar-refractivity contribution is -0.167. The van der Waals surface area contributed by atoms with E-state index in [2.05, 4.69) is 45.1 Å². The molecule has 0 aliphatic heterocycles. The van der Waals surface area contributed by atoms with Crippen LogP contribution in [0.15, 0.2) is 24.3 Å². The Morgan fingerprint density at radius 2 is 0.522 bits per heavy atom. The molecule has 0 heterocycles. The first-order chi connectivity index (χ1) is 34.0. The van der Waals surface area contributed by atoms with Gasteiger partial charge in [-0.3, -0.25) is 14.4 Å². The lowest BCUT2D eigenvalue weighted by Gasteiger charge is -2.18. The molecule has 0 radical (unpaired) electrons. The number of allylic oxidation sites excluding steroid dienone is 4. The van der Waals surface area contributed by atoms with Gasteiger partial charge in [-0.15, -0.1) is 0 Å². The highest BCUT2D eigenvalue weighted by atomic mass is 16.6. The first-order valence-electron chi connectivity index (χ1n) is 30.8. The van der Waals surface area contributed by atoms with Gasteiger partial charge in [-0.05, 0) is 51.4 Å². The third-order valence-electron chi connectivity index (χ3n) is 14.0. The molecule has 406 valence electrons. The minimum Gasteiger partial charge on any atom is -0.462 e. The van der Waals surface area contributed by atoms with Crippen molar-refractivity contribution in [1.82, 2.24) is 0 Å². The molecule has 6 nitrogen and oxygen atoms in total. The molecule has 0 N–H and O–H groups in total. The van der Waals surface area contributed by atoms with Crippen LogP contribution in [0.2, 0.25) is 0 Å². The predicted molar refractivity (Wildman–Crippen MR) is 298 cm³/mol. The largest absolute Gasteiger partial charge is 0.462 e. The Bertz CT molecular complexity index is 1110. The SMILES string of the molecule is CCCCCCC/C=C\C/C=C\CCCCCCCCCCCCCC(=O)OCC(COC(=O)CCCCCCC)OC(=O)CCCCCCCCCCCCCCCCCCCCCCCCC. The third-order valence-corrected chi connectivity index (χ3v) is 14.0. The van der Waals surface area contributed by atoms with Crippen molar-refractivity contribution in [1.29, 1.82) is 0 Å². The molecular formula is C63H118O6. The van der Waals surface area contributed by atoms with E-state index in [1.165, 1.54) is 231 Å². The number of ether oxygens (including phenoxy) is 3. The molecule has 6 heteroatoms. The van der Waals surface area contributed by atoms with Crippen LogP contribution in [0.25, 0.3) is 0 Å². The molecule has 0 aliphatic carbocycles. The molecule has 0 rings (SSSR count). The van der Waals surface area contributed by atoms with Gasteiger partial charge in [0.05, 0.1) is 0 Å². The smallest absolute Gasteiger partial charge is 0.306 e. The van der Waals surface area contributed by atoms with Crippen LogP contribution >= 0.6 is 0 Å². The average Bonchev–Trinajstić information content (AvgIpc) is 3.35.